The molecule has 0 N–H and O–H groups in total. The van der Waals surface area contributed by atoms with Gasteiger partial charge in [0.25, 0.3) is 0 Å². The van der Waals surface area contributed by atoms with Gasteiger partial charge in [-0.15, -0.1) is 11.6 Å². The lowest BCUT2D eigenvalue weighted by Gasteiger charge is -2.49. The Balaban J connectivity index is 1.62. The summed E-state index contributed by atoms with van der Waals surface area (Å²) in [6.07, 6.45) is 13.8. The molecule has 4 aliphatic rings. The van der Waals surface area contributed by atoms with Crippen molar-refractivity contribution >= 4 is 11.6 Å². The molecule has 3 heteroatoms. The Kier molecular flexibility index (Phi) is 6.99. The quantitative estimate of drug-likeness (QED) is 0.244. The molecule has 3 fully saturated rings. The predicted molar refractivity (Wildman–Crippen MR) is 126 cm³/mol. The summed E-state index contributed by atoms with van der Waals surface area (Å²) < 4.78 is 14.4. The molecule has 10 atom stereocenters. The van der Waals surface area contributed by atoms with E-state index in [1.54, 1.807) is 0 Å². The van der Waals surface area contributed by atoms with E-state index in [0.29, 0.717) is 35.5 Å². The highest BCUT2D eigenvalue weighted by Crippen LogP contribution is 2.55. The maximum atomic E-state index is 7.20. The van der Waals surface area contributed by atoms with Crippen molar-refractivity contribution in [3.8, 4) is 0 Å². The van der Waals surface area contributed by atoms with Crippen LogP contribution in [0, 0.1) is 47.3 Å². The van der Waals surface area contributed by atoms with E-state index in [-0.39, 0.29) is 17.6 Å². The van der Waals surface area contributed by atoms with Crippen molar-refractivity contribution < 1.29 is 9.47 Å². The highest BCUT2D eigenvalue weighted by atomic mass is 35.5. The summed E-state index contributed by atoms with van der Waals surface area (Å²) in [4.78, 5) is 0. The fraction of sp³-hybridized carbons (Fsp3) is 0.926. The summed E-state index contributed by atoms with van der Waals surface area (Å²) in [5, 5.41) is -0.0670. The van der Waals surface area contributed by atoms with Crippen LogP contribution in [0.5, 0.6) is 0 Å². The summed E-state index contributed by atoms with van der Waals surface area (Å²) in [5.74, 6) is 4.02. The second-order valence-electron chi connectivity index (χ2n) is 12.0. The van der Waals surface area contributed by atoms with E-state index in [4.69, 9.17) is 21.1 Å². The Morgan fingerprint density at radius 1 is 0.767 bits per heavy atom. The van der Waals surface area contributed by atoms with Crippen LogP contribution in [-0.4, -0.2) is 23.4 Å². The number of fused-ring (bicyclic) bond motifs is 2. The SMILES string of the molecule is CC(C)[C@@H]1CC[C@@H](C)CC1OC1(O[C@@H]2C[C@H](C)CC[C@H]2C(C)C)[C@H](Cl)[C@@H]2C=C[C@H]1C2. The molecule has 0 aromatic rings. The lowest BCUT2D eigenvalue weighted by Crippen LogP contribution is -2.56. The third-order valence-electron chi connectivity index (χ3n) is 8.99. The van der Waals surface area contributed by atoms with Crippen molar-refractivity contribution in [3.63, 3.8) is 0 Å². The van der Waals surface area contributed by atoms with Gasteiger partial charge in [-0.25, -0.2) is 0 Å². The highest BCUT2D eigenvalue weighted by molar-refractivity contribution is 6.22. The number of alkyl halides is 1. The monoisotopic (exact) mass is 436 g/mol. The molecule has 0 radical (unpaired) electrons. The zero-order chi connectivity index (χ0) is 21.6. The molecule has 2 unspecified atom stereocenters. The normalized spacial score (nSPS) is 48.8. The lowest BCUT2D eigenvalue weighted by atomic mass is 9.74. The summed E-state index contributed by atoms with van der Waals surface area (Å²) in [5.41, 5.74) is 0. The van der Waals surface area contributed by atoms with Crippen molar-refractivity contribution in [2.45, 2.75) is 110 Å². The molecule has 0 aromatic heterocycles. The largest absolute Gasteiger partial charge is 0.344 e. The Morgan fingerprint density at radius 2 is 1.27 bits per heavy atom. The molecule has 0 heterocycles. The molecule has 172 valence electrons. The summed E-state index contributed by atoms with van der Waals surface area (Å²) >= 11 is 7.20. The molecule has 3 saturated carbocycles. The van der Waals surface area contributed by atoms with E-state index >= 15 is 0 Å². The third kappa shape index (κ3) is 4.27. The van der Waals surface area contributed by atoms with Crippen LogP contribution in [0.3, 0.4) is 0 Å². The molecule has 2 nitrogen and oxygen atoms in total. The minimum absolute atomic E-state index is 0.0670. The standard InChI is InChI=1S/C27H45ClO2/c1-16(2)22-11-7-18(5)13-24(22)29-27(21-10-9-20(15-21)26(27)28)30-25-14-19(6)8-12-23(25)17(3)4/h9-10,16-26H,7-8,11-15H2,1-6H3/t18-,19-,20-,21+,22+,23+,24-,25?,26-,27?/m1/s1. The molecule has 4 aliphatic carbocycles. The first-order chi connectivity index (χ1) is 14.2. The van der Waals surface area contributed by atoms with Crippen LogP contribution < -0.4 is 0 Å². The van der Waals surface area contributed by atoms with Gasteiger partial charge in [-0.3, -0.25) is 0 Å². The number of hydrogen-bond acceptors (Lipinski definition) is 2. The lowest BCUT2D eigenvalue weighted by molar-refractivity contribution is -0.313. The molecule has 0 amide bonds. The van der Waals surface area contributed by atoms with Crippen LogP contribution in [0.25, 0.3) is 0 Å². The molecule has 30 heavy (non-hydrogen) atoms. The van der Waals surface area contributed by atoms with E-state index in [0.717, 1.165) is 31.1 Å². The maximum absolute atomic E-state index is 7.20. The average Bonchev–Trinajstić information content (AvgIpc) is 3.24. The van der Waals surface area contributed by atoms with Gasteiger partial charge in [-0.1, -0.05) is 66.5 Å². The van der Waals surface area contributed by atoms with Crippen LogP contribution in [-0.2, 0) is 9.47 Å². The van der Waals surface area contributed by atoms with Gasteiger partial charge in [0.1, 0.15) is 0 Å². The minimum atomic E-state index is -0.634. The maximum Gasteiger partial charge on any atom is 0.192 e. The van der Waals surface area contributed by atoms with E-state index in [2.05, 4.69) is 53.7 Å². The van der Waals surface area contributed by atoms with Crippen molar-refractivity contribution in [2.24, 2.45) is 47.3 Å². The van der Waals surface area contributed by atoms with Crippen LogP contribution in [0.15, 0.2) is 12.2 Å². The number of hydrogen-bond donors (Lipinski definition) is 0. The second kappa shape index (κ2) is 9.06. The second-order valence-corrected chi connectivity index (χ2v) is 12.4. The molecule has 4 rings (SSSR count). The Hall–Kier alpha value is -0.0500. The first-order valence-corrected chi connectivity index (χ1v) is 13.3. The van der Waals surface area contributed by atoms with Crippen LogP contribution in [0.2, 0.25) is 0 Å². The van der Waals surface area contributed by atoms with Crippen LogP contribution >= 0.6 is 11.6 Å². The Morgan fingerprint density at radius 3 is 1.67 bits per heavy atom. The summed E-state index contributed by atoms with van der Waals surface area (Å²) in [7, 11) is 0. The van der Waals surface area contributed by atoms with Gasteiger partial charge in [0.15, 0.2) is 5.79 Å². The summed E-state index contributed by atoms with van der Waals surface area (Å²) in [6.45, 7) is 14.2. The molecule has 0 spiro atoms. The zero-order valence-electron chi connectivity index (χ0n) is 20.1. The van der Waals surface area contributed by atoms with Gasteiger partial charge in [-0.05, 0) is 73.5 Å². The topological polar surface area (TPSA) is 18.5 Å². The van der Waals surface area contributed by atoms with Crippen molar-refractivity contribution in [2.75, 3.05) is 0 Å². The average molecular weight is 437 g/mol. The highest BCUT2D eigenvalue weighted by Gasteiger charge is 2.61. The third-order valence-corrected chi connectivity index (χ3v) is 9.62. The smallest absolute Gasteiger partial charge is 0.192 e. The Bertz CT molecular complexity index is 580. The fourth-order valence-corrected chi connectivity index (χ4v) is 7.50. The number of halogens is 1. The first kappa shape index (κ1) is 23.1. The van der Waals surface area contributed by atoms with Crippen molar-refractivity contribution in [3.05, 3.63) is 12.2 Å². The molecular weight excluding hydrogens is 392 g/mol. The van der Waals surface area contributed by atoms with Crippen molar-refractivity contribution in [1.82, 2.24) is 0 Å². The van der Waals surface area contributed by atoms with Gasteiger partial charge in [-0.2, -0.15) is 0 Å². The predicted octanol–water partition coefficient (Wildman–Crippen LogP) is 7.45. The van der Waals surface area contributed by atoms with Gasteiger partial charge < -0.3 is 9.47 Å². The molecule has 2 bridgehead atoms. The van der Waals surface area contributed by atoms with Gasteiger partial charge in [0.05, 0.1) is 17.6 Å². The van der Waals surface area contributed by atoms with Gasteiger partial charge in [0.2, 0.25) is 0 Å². The van der Waals surface area contributed by atoms with Crippen LogP contribution in [0.1, 0.15) is 86.5 Å². The van der Waals surface area contributed by atoms with E-state index in [1.165, 1.54) is 25.7 Å². The van der Waals surface area contributed by atoms with Gasteiger partial charge >= 0.3 is 0 Å². The first-order valence-electron chi connectivity index (χ1n) is 12.9. The van der Waals surface area contributed by atoms with Gasteiger partial charge in [0, 0.05) is 5.92 Å². The Labute approximate surface area is 190 Å². The minimum Gasteiger partial charge on any atom is -0.344 e. The molecular formula is C27H45ClO2. The summed E-state index contributed by atoms with van der Waals surface area (Å²) in [6, 6.07) is 0. The number of rotatable bonds is 6. The van der Waals surface area contributed by atoms with E-state index < -0.39 is 5.79 Å². The van der Waals surface area contributed by atoms with Crippen LogP contribution in [0.4, 0.5) is 0 Å². The molecule has 0 aromatic carbocycles. The van der Waals surface area contributed by atoms with E-state index in [1.807, 2.05) is 0 Å². The number of allylic oxidation sites excluding steroid dienone is 1. The zero-order valence-corrected chi connectivity index (χ0v) is 20.9. The van der Waals surface area contributed by atoms with E-state index in [9.17, 15) is 0 Å². The molecule has 0 aliphatic heterocycles. The van der Waals surface area contributed by atoms with Crippen molar-refractivity contribution in [1.29, 1.82) is 0 Å². The molecule has 0 saturated heterocycles. The fourth-order valence-electron chi connectivity index (χ4n) is 7.05. The number of ether oxygens (including phenoxy) is 2.